The highest BCUT2D eigenvalue weighted by atomic mass is 32.1. The van der Waals surface area contributed by atoms with Gasteiger partial charge in [0.15, 0.2) is 0 Å². The fourth-order valence-electron chi connectivity index (χ4n) is 3.95. The smallest absolute Gasteiger partial charge is 0.267 e. The molecule has 0 saturated heterocycles. The molecule has 1 fully saturated rings. The van der Waals surface area contributed by atoms with Gasteiger partial charge in [-0.15, -0.1) is 11.3 Å². The number of nitrogens with one attached hydrogen (secondary N) is 1. The highest BCUT2D eigenvalue weighted by Gasteiger charge is 2.26. The maximum atomic E-state index is 12.4. The molecule has 1 N–H and O–H groups in total. The van der Waals surface area contributed by atoms with E-state index in [4.69, 9.17) is 0 Å². The van der Waals surface area contributed by atoms with Crippen LogP contribution < -0.4 is 10.9 Å². The Bertz CT molecular complexity index is 847. The first kappa shape index (κ1) is 16.5. The molecule has 0 spiro atoms. The second kappa shape index (κ2) is 6.75. The van der Waals surface area contributed by atoms with Crippen LogP contribution >= 0.6 is 11.3 Å². The summed E-state index contributed by atoms with van der Waals surface area (Å²) in [7, 11) is 0. The van der Waals surface area contributed by atoms with E-state index in [0.29, 0.717) is 0 Å². The van der Waals surface area contributed by atoms with Gasteiger partial charge in [-0.2, -0.15) is 5.10 Å². The predicted molar refractivity (Wildman–Crippen MR) is 98.3 cm³/mol. The van der Waals surface area contributed by atoms with Gasteiger partial charge in [0.1, 0.15) is 0 Å². The summed E-state index contributed by atoms with van der Waals surface area (Å²) in [6.45, 7) is 2.01. The third-order valence-electron chi connectivity index (χ3n) is 5.32. The Balaban J connectivity index is 1.39. The monoisotopic (exact) mass is 357 g/mol. The van der Waals surface area contributed by atoms with E-state index in [0.717, 1.165) is 66.0 Å². The van der Waals surface area contributed by atoms with E-state index in [1.54, 1.807) is 10.7 Å². The summed E-state index contributed by atoms with van der Waals surface area (Å²) in [4.78, 5) is 26.6. The average molecular weight is 357 g/mol. The Hall–Kier alpha value is -1.95. The zero-order chi connectivity index (χ0) is 17.4. The van der Waals surface area contributed by atoms with Gasteiger partial charge in [-0.25, -0.2) is 4.68 Å². The first-order chi connectivity index (χ1) is 12.1. The molecule has 2 heterocycles. The minimum Gasteiger partial charge on any atom is -0.349 e. The number of hydrogen-bond donors (Lipinski definition) is 1. The molecule has 2 aliphatic carbocycles. The van der Waals surface area contributed by atoms with Crippen LogP contribution in [0.4, 0.5) is 0 Å². The zero-order valence-electron chi connectivity index (χ0n) is 14.5. The lowest BCUT2D eigenvalue weighted by molar-refractivity contribution is 0.0925. The third-order valence-corrected chi connectivity index (χ3v) is 6.32. The summed E-state index contributed by atoms with van der Waals surface area (Å²) >= 11 is 1.53. The third kappa shape index (κ3) is 3.40. The van der Waals surface area contributed by atoms with E-state index < -0.39 is 0 Å². The summed E-state index contributed by atoms with van der Waals surface area (Å²) < 4.78 is 1.70. The van der Waals surface area contributed by atoms with Crippen molar-refractivity contribution in [2.24, 2.45) is 0 Å². The number of aromatic nitrogens is 2. The summed E-state index contributed by atoms with van der Waals surface area (Å²) in [5.74, 6) is 0.0226. The first-order valence-electron chi connectivity index (χ1n) is 9.09. The van der Waals surface area contributed by atoms with Crippen molar-refractivity contribution in [3.63, 3.8) is 0 Å². The molecule has 6 heteroatoms. The van der Waals surface area contributed by atoms with Gasteiger partial charge in [0.25, 0.3) is 11.5 Å². The molecule has 132 valence electrons. The van der Waals surface area contributed by atoms with Gasteiger partial charge in [-0.1, -0.05) is 0 Å². The van der Waals surface area contributed by atoms with Crippen LogP contribution in [0.15, 0.2) is 23.0 Å². The molecule has 1 saturated carbocycles. The maximum Gasteiger partial charge on any atom is 0.267 e. The van der Waals surface area contributed by atoms with Crippen molar-refractivity contribution in [1.29, 1.82) is 0 Å². The van der Waals surface area contributed by atoms with Crippen LogP contribution in [0, 0.1) is 6.92 Å². The standard InChI is InChI=1S/C19H23N3O2S/c1-12-5-10-17(25-12)19(24)20-14-6-8-15(9-7-14)22-18(23)11-13-3-2-4-16(13)21-22/h5,10-11,14-15H,2-4,6-9H2,1H3,(H,20,24). The molecule has 4 rings (SSSR count). The summed E-state index contributed by atoms with van der Waals surface area (Å²) in [5, 5.41) is 7.77. The molecular formula is C19H23N3O2S. The minimum atomic E-state index is 0.0226. The number of carbonyl (C=O) groups is 1. The van der Waals surface area contributed by atoms with Gasteiger partial charge in [-0.3, -0.25) is 9.59 Å². The van der Waals surface area contributed by atoms with Crippen molar-refractivity contribution < 1.29 is 4.79 Å². The maximum absolute atomic E-state index is 12.4. The van der Waals surface area contributed by atoms with Crippen LogP contribution in [-0.2, 0) is 12.8 Å². The van der Waals surface area contributed by atoms with Crippen molar-refractivity contribution in [3.05, 3.63) is 49.6 Å². The van der Waals surface area contributed by atoms with E-state index in [9.17, 15) is 9.59 Å². The van der Waals surface area contributed by atoms with Crippen LogP contribution in [0.1, 0.15) is 64.0 Å². The van der Waals surface area contributed by atoms with Crippen LogP contribution in [-0.4, -0.2) is 21.7 Å². The summed E-state index contributed by atoms with van der Waals surface area (Å²) in [6, 6.07) is 5.99. The Morgan fingerprint density at radius 3 is 2.76 bits per heavy atom. The van der Waals surface area contributed by atoms with Gasteiger partial charge in [0, 0.05) is 17.0 Å². The van der Waals surface area contributed by atoms with E-state index >= 15 is 0 Å². The van der Waals surface area contributed by atoms with Gasteiger partial charge < -0.3 is 5.32 Å². The Morgan fingerprint density at radius 2 is 2.04 bits per heavy atom. The Kier molecular flexibility index (Phi) is 4.46. The number of rotatable bonds is 3. The van der Waals surface area contributed by atoms with Crippen molar-refractivity contribution in [2.75, 3.05) is 0 Å². The molecule has 1 amide bonds. The molecule has 25 heavy (non-hydrogen) atoms. The number of aryl methyl sites for hydroxylation is 3. The van der Waals surface area contributed by atoms with E-state index in [1.807, 2.05) is 19.1 Å². The van der Waals surface area contributed by atoms with Crippen molar-refractivity contribution in [1.82, 2.24) is 15.1 Å². The fourth-order valence-corrected chi connectivity index (χ4v) is 4.73. The molecule has 5 nitrogen and oxygen atoms in total. The van der Waals surface area contributed by atoms with Crippen molar-refractivity contribution in [2.45, 2.75) is 64.0 Å². The van der Waals surface area contributed by atoms with Crippen LogP contribution in [0.3, 0.4) is 0 Å². The minimum absolute atomic E-state index is 0.0226. The number of amides is 1. The largest absolute Gasteiger partial charge is 0.349 e. The van der Waals surface area contributed by atoms with Crippen molar-refractivity contribution >= 4 is 17.2 Å². The van der Waals surface area contributed by atoms with E-state index in [2.05, 4.69) is 10.4 Å². The number of carbonyl (C=O) groups excluding carboxylic acids is 1. The normalized spacial score (nSPS) is 22.6. The lowest BCUT2D eigenvalue weighted by Gasteiger charge is -2.29. The lowest BCUT2D eigenvalue weighted by Crippen LogP contribution is -2.39. The molecule has 2 aromatic rings. The number of fused-ring (bicyclic) bond motifs is 1. The molecule has 0 atom stereocenters. The lowest BCUT2D eigenvalue weighted by atomic mass is 9.91. The van der Waals surface area contributed by atoms with Gasteiger partial charge in [0.05, 0.1) is 16.6 Å². The van der Waals surface area contributed by atoms with E-state index in [-0.39, 0.29) is 23.6 Å². The molecule has 0 unspecified atom stereocenters. The number of thiophene rings is 1. The second-order valence-electron chi connectivity index (χ2n) is 7.14. The van der Waals surface area contributed by atoms with Gasteiger partial charge in [0.2, 0.25) is 0 Å². The molecule has 0 aliphatic heterocycles. The highest BCUT2D eigenvalue weighted by molar-refractivity contribution is 7.13. The van der Waals surface area contributed by atoms with Gasteiger partial charge >= 0.3 is 0 Å². The topological polar surface area (TPSA) is 64.0 Å². The Morgan fingerprint density at radius 1 is 1.24 bits per heavy atom. The summed E-state index contributed by atoms with van der Waals surface area (Å²) in [5.41, 5.74) is 2.26. The summed E-state index contributed by atoms with van der Waals surface area (Å²) in [6.07, 6.45) is 6.64. The highest BCUT2D eigenvalue weighted by Crippen LogP contribution is 2.28. The fraction of sp³-hybridized carbons (Fsp3) is 0.526. The Labute approximate surface area is 151 Å². The van der Waals surface area contributed by atoms with Crippen molar-refractivity contribution in [3.8, 4) is 0 Å². The second-order valence-corrected chi connectivity index (χ2v) is 8.43. The van der Waals surface area contributed by atoms with Gasteiger partial charge in [-0.05, 0) is 69.6 Å². The quantitative estimate of drug-likeness (QED) is 0.918. The van der Waals surface area contributed by atoms with Crippen LogP contribution in [0.2, 0.25) is 0 Å². The first-order valence-corrected chi connectivity index (χ1v) is 9.91. The molecular weight excluding hydrogens is 334 g/mol. The number of hydrogen-bond acceptors (Lipinski definition) is 4. The van der Waals surface area contributed by atoms with Crippen LogP contribution in [0.5, 0.6) is 0 Å². The molecule has 2 aliphatic rings. The number of nitrogens with zero attached hydrogens (tertiary/aromatic N) is 2. The van der Waals surface area contributed by atoms with E-state index in [1.165, 1.54) is 11.3 Å². The molecule has 0 aromatic carbocycles. The average Bonchev–Trinajstić information content (AvgIpc) is 3.23. The molecule has 0 radical (unpaired) electrons. The SMILES string of the molecule is Cc1ccc(C(=O)NC2CCC(n3nc4c(cc3=O)CCC4)CC2)s1. The predicted octanol–water partition coefficient (Wildman–Crippen LogP) is 3.02. The van der Waals surface area contributed by atoms with Crippen LogP contribution in [0.25, 0.3) is 0 Å². The molecule has 0 bridgehead atoms. The molecule has 2 aromatic heterocycles. The zero-order valence-corrected chi connectivity index (χ0v) is 15.3.